The quantitative estimate of drug-likeness (QED) is 0.898. The zero-order valence-electron chi connectivity index (χ0n) is 12.1. The van der Waals surface area contributed by atoms with Crippen molar-refractivity contribution in [3.8, 4) is 0 Å². The molecule has 1 aliphatic carbocycles. The zero-order chi connectivity index (χ0) is 15.6. The summed E-state index contributed by atoms with van der Waals surface area (Å²) in [7, 11) is 1.65. The number of carbonyl (C=O) groups is 2. The highest BCUT2D eigenvalue weighted by atomic mass is 35.5. The van der Waals surface area contributed by atoms with Gasteiger partial charge in [-0.05, 0) is 43.9 Å². The van der Waals surface area contributed by atoms with Crippen LogP contribution < -0.4 is 5.32 Å². The molecule has 1 saturated carbocycles. The third-order valence-electron chi connectivity index (χ3n) is 4.20. The van der Waals surface area contributed by atoms with Gasteiger partial charge in [0.2, 0.25) is 0 Å². The van der Waals surface area contributed by atoms with E-state index in [0.29, 0.717) is 17.9 Å². The zero-order valence-corrected chi connectivity index (χ0v) is 12.9. The Kier molecular flexibility index (Phi) is 4.42. The van der Waals surface area contributed by atoms with Gasteiger partial charge in [-0.15, -0.1) is 0 Å². The largest absolute Gasteiger partial charge is 0.480 e. The molecule has 21 heavy (non-hydrogen) atoms. The SMILES string of the molecule is CC(c1cccc(Cl)c1)N(C)C(=O)NC1(C(=O)O)CCC1. The number of amides is 2. The number of carbonyl (C=O) groups excluding carboxylic acids is 1. The standard InChI is InChI=1S/C15H19ClN2O3/c1-10(11-5-3-6-12(16)9-11)18(2)14(21)17-15(13(19)20)7-4-8-15/h3,5-6,9-10H,4,7-8H2,1-2H3,(H,17,21)(H,19,20). The number of hydrogen-bond donors (Lipinski definition) is 2. The molecular formula is C15H19ClN2O3. The third kappa shape index (κ3) is 3.13. The fourth-order valence-corrected chi connectivity index (χ4v) is 2.58. The summed E-state index contributed by atoms with van der Waals surface area (Å²) in [6.45, 7) is 1.87. The summed E-state index contributed by atoms with van der Waals surface area (Å²) in [4.78, 5) is 25.1. The van der Waals surface area contributed by atoms with E-state index < -0.39 is 11.5 Å². The maximum atomic E-state index is 12.3. The lowest BCUT2D eigenvalue weighted by atomic mass is 9.77. The third-order valence-corrected chi connectivity index (χ3v) is 4.43. The summed E-state index contributed by atoms with van der Waals surface area (Å²) >= 11 is 5.96. The van der Waals surface area contributed by atoms with E-state index in [1.165, 1.54) is 4.90 Å². The lowest BCUT2D eigenvalue weighted by Crippen LogP contribution is -2.61. The fourth-order valence-electron chi connectivity index (χ4n) is 2.38. The molecule has 2 rings (SSSR count). The van der Waals surface area contributed by atoms with Gasteiger partial charge in [-0.3, -0.25) is 0 Å². The summed E-state index contributed by atoms with van der Waals surface area (Å²) in [6.07, 6.45) is 1.78. The van der Waals surface area contributed by atoms with Crippen LogP contribution in [-0.4, -0.2) is 34.6 Å². The minimum absolute atomic E-state index is 0.199. The van der Waals surface area contributed by atoms with Gasteiger partial charge in [0, 0.05) is 12.1 Å². The van der Waals surface area contributed by atoms with E-state index in [2.05, 4.69) is 5.32 Å². The average molecular weight is 311 g/mol. The number of nitrogens with zero attached hydrogens (tertiary/aromatic N) is 1. The number of urea groups is 1. The van der Waals surface area contributed by atoms with Crippen molar-refractivity contribution in [2.24, 2.45) is 0 Å². The second-order valence-electron chi connectivity index (χ2n) is 5.51. The molecule has 0 heterocycles. The first-order valence-corrected chi connectivity index (χ1v) is 7.27. The molecule has 1 aliphatic rings. The van der Waals surface area contributed by atoms with E-state index in [4.69, 9.17) is 11.6 Å². The van der Waals surface area contributed by atoms with Gasteiger partial charge in [0.1, 0.15) is 5.54 Å². The van der Waals surface area contributed by atoms with Crippen LogP contribution in [0.1, 0.15) is 37.8 Å². The van der Waals surface area contributed by atoms with Gasteiger partial charge in [-0.1, -0.05) is 23.7 Å². The Morgan fingerprint density at radius 3 is 2.57 bits per heavy atom. The number of carboxylic acid groups (broad SMARTS) is 1. The lowest BCUT2D eigenvalue weighted by molar-refractivity contribution is -0.148. The Hall–Kier alpha value is -1.75. The van der Waals surface area contributed by atoms with Crippen LogP contribution >= 0.6 is 11.6 Å². The molecule has 2 N–H and O–H groups in total. The Balaban J connectivity index is 2.07. The van der Waals surface area contributed by atoms with Gasteiger partial charge >= 0.3 is 12.0 Å². The fraction of sp³-hybridized carbons (Fsp3) is 0.467. The first-order chi connectivity index (χ1) is 9.85. The van der Waals surface area contributed by atoms with Gasteiger partial charge in [0.25, 0.3) is 0 Å². The van der Waals surface area contributed by atoms with Crippen LogP contribution in [0.3, 0.4) is 0 Å². The molecule has 1 atom stereocenters. The van der Waals surface area contributed by atoms with Crippen LogP contribution in [0.25, 0.3) is 0 Å². The van der Waals surface area contributed by atoms with Crippen molar-refractivity contribution < 1.29 is 14.7 Å². The average Bonchev–Trinajstić information content (AvgIpc) is 2.40. The highest BCUT2D eigenvalue weighted by molar-refractivity contribution is 6.30. The molecule has 0 spiro atoms. The molecule has 0 saturated heterocycles. The molecule has 0 aromatic heterocycles. The van der Waals surface area contributed by atoms with E-state index in [9.17, 15) is 14.7 Å². The molecule has 5 nitrogen and oxygen atoms in total. The second-order valence-corrected chi connectivity index (χ2v) is 5.95. The summed E-state index contributed by atoms with van der Waals surface area (Å²) in [5.74, 6) is -0.967. The van der Waals surface area contributed by atoms with Crippen LogP contribution in [0.5, 0.6) is 0 Å². The van der Waals surface area contributed by atoms with Crippen LogP contribution in [-0.2, 0) is 4.79 Å². The van der Waals surface area contributed by atoms with E-state index in [-0.39, 0.29) is 12.1 Å². The van der Waals surface area contributed by atoms with E-state index in [1.54, 1.807) is 19.2 Å². The van der Waals surface area contributed by atoms with E-state index in [1.807, 2.05) is 19.1 Å². The first-order valence-electron chi connectivity index (χ1n) is 6.89. The molecule has 1 aromatic rings. The van der Waals surface area contributed by atoms with Crippen molar-refractivity contribution in [3.05, 3.63) is 34.9 Å². The van der Waals surface area contributed by atoms with Crippen LogP contribution in [0.15, 0.2) is 24.3 Å². The number of carboxylic acids is 1. The molecule has 1 unspecified atom stereocenters. The molecule has 6 heteroatoms. The monoisotopic (exact) mass is 310 g/mol. The smallest absolute Gasteiger partial charge is 0.329 e. The van der Waals surface area contributed by atoms with Gasteiger partial charge in [0.15, 0.2) is 0 Å². The summed E-state index contributed by atoms with van der Waals surface area (Å²) < 4.78 is 0. The van der Waals surface area contributed by atoms with Crippen molar-refractivity contribution in [2.75, 3.05) is 7.05 Å². The van der Waals surface area contributed by atoms with Crippen molar-refractivity contribution in [2.45, 2.75) is 37.8 Å². The highest BCUT2D eigenvalue weighted by Crippen LogP contribution is 2.32. The van der Waals surface area contributed by atoms with Crippen LogP contribution in [0.4, 0.5) is 4.79 Å². The first kappa shape index (κ1) is 15.6. The summed E-state index contributed by atoms with van der Waals surface area (Å²) in [5.41, 5.74) is -0.197. The summed E-state index contributed by atoms with van der Waals surface area (Å²) in [5, 5.41) is 12.5. The number of halogens is 1. The van der Waals surface area contributed by atoms with Crippen LogP contribution in [0, 0.1) is 0 Å². The normalized spacial score (nSPS) is 17.5. The number of hydrogen-bond acceptors (Lipinski definition) is 2. The van der Waals surface area contributed by atoms with Gasteiger partial charge in [-0.25, -0.2) is 9.59 Å². The topological polar surface area (TPSA) is 69.6 Å². The molecular weight excluding hydrogens is 292 g/mol. The van der Waals surface area contributed by atoms with Crippen molar-refractivity contribution in [3.63, 3.8) is 0 Å². The lowest BCUT2D eigenvalue weighted by Gasteiger charge is -2.40. The molecule has 1 aromatic carbocycles. The highest BCUT2D eigenvalue weighted by Gasteiger charge is 2.46. The molecule has 0 radical (unpaired) electrons. The van der Waals surface area contributed by atoms with E-state index >= 15 is 0 Å². The number of nitrogens with one attached hydrogen (secondary N) is 1. The van der Waals surface area contributed by atoms with Gasteiger partial charge < -0.3 is 15.3 Å². The minimum Gasteiger partial charge on any atom is -0.480 e. The second kappa shape index (κ2) is 5.93. The van der Waals surface area contributed by atoms with Crippen molar-refractivity contribution in [1.82, 2.24) is 10.2 Å². The minimum atomic E-state index is -1.10. The van der Waals surface area contributed by atoms with E-state index in [0.717, 1.165) is 12.0 Å². The van der Waals surface area contributed by atoms with Gasteiger partial charge in [0.05, 0.1) is 6.04 Å². The Morgan fingerprint density at radius 2 is 2.10 bits per heavy atom. The molecule has 0 aliphatic heterocycles. The molecule has 1 fully saturated rings. The summed E-state index contributed by atoms with van der Waals surface area (Å²) in [6, 6.07) is 6.69. The number of aliphatic carboxylic acids is 1. The molecule has 114 valence electrons. The maximum absolute atomic E-state index is 12.3. The predicted octanol–water partition coefficient (Wildman–Crippen LogP) is 3.05. The number of benzene rings is 1. The Labute approximate surface area is 128 Å². The maximum Gasteiger partial charge on any atom is 0.329 e. The molecule has 2 amide bonds. The van der Waals surface area contributed by atoms with Crippen molar-refractivity contribution in [1.29, 1.82) is 0 Å². The number of rotatable bonds is 4. The van der Waals surface area contributed by atoms with Gasteiger partial charge in [-0.2, -0.15) is 0 Å². The Morgan fingerprint density at radius 1 is 1.43 bits per heavy atom. The predicted molar refractivity (Wildman–Crippen MR) is 80.4 cm³/mol. The molecule has 0 bridgehead atoms. The van der Waals surface area contributed by atoms with Crippen molar-refractivity contribution >= 4 is 23.6 Å². The van der Waals surface area contributed by atoms with Crippen LogP contribution in [0.2, 0.25) is 5.02 Å². The Bertz CT molecular complexity index is 558.